The number of nitrogens with one attached hydrogen (secondary N) is 1. The van der Waals surface area contributed by atoms with Crippen LogP contribution in [0.4, 0.5) is 11.9 Å². The van der Waals surface area contributed by atoms with Gasteiger partial charge in [0.25, 0.3) is 5.56 Å². The highest BCUT2D eigenvalue weighted by molar-refractivity contribution is 7.48. The Hall–Kier alpha value is -3.54. The van der Waals surface area contributed by atoms with Gasteiger partial charge < -0.3 is 30.2 Å². The first-order valence-electron chi connectivity index (χ1n) is 15.9. The Morgan fingerprint density at radius 3 is 2.41 bits per heavy atom. The molecule has 49 heavy (non-hydrogen) atoms. The van der Waals surface area contributed by atoms with E-state index in [4.69, 9.17) is 45.5 Å². The number of nitrogens with zero attached hydrogens (tertiary/aromatic N) is 7. The Morgan fingerprint density at radius 2 is 1.73 bits per heavy atom. The molecule has 7 atom stereocenters. The highest BCUT2D eigenvalue weighted by Crippen LogP contribution is 2.54. The molecule has 5 heterocycles. The highest BCUT2D eigenvalue weighted by atomic mass is 31.2. The lowest BCUT2D eigenvalue weighted by Crippen LogP contribution is -2.46. The molecular formula is C28H43N10O9PSi. The van der Waals surface area contributed by atoms with Crippen molar-refractivity contribution in [2.24, 2.45) is 0 Å². The molecule has 0 spiro atoms. The molecule has 19 nitrogen and oxygen atoms in total. The first-order valence-corrected chi connectivity index (χ1v) is 20.2. The summed E-state index contributed by atoms with van der Waals surface area (Å²) in [5.74, 6) is -0.245. The molecule has 0 amide bonds. The first kappa shape index (κ1) is 36.7. The molecule has 0 aliphatic carbocycles. The van der Waals surface area contributed by atoms with E-state index < -0.39 is 64.3 Å². The van der Waals surface area contributed by atoms with Crippen LogP contribution in [-0.4, -0.2) is 86.5 Å². The van der Waals surface area contributed by atoms with Crippen molar-refractivity contribution in [2.45, 2.75) is 102 Å². The maximum absolute atomic E-state index is 14.2. The minimum absolute atomic E-state index is 0.0711. The van der Waals surface area contributed by atoms with Gasteiger partial charge >= 0.3 is 13.5 Å². The number of H-pyrrole nitrogens is 1. The van der Waals surface area contributed by atoms with Crippen LogP contribution in [0.1, 0.15) is 59.4 Å². The summed E-state index contributed by atoms with van der Waals surface area (Å²) >= 11 is 0. The van der Waals surface area contributed by atoms with Gasteiger partial charge in [-0.25, -0.2) is 25.9 Å². The molecule has 0 aromatic carbocycles. The molecule has 268 valence electrons. The second kappa shape index (κ2) is 14.4. The number of ether oxygens (including phenoxy) is 2. The highest BCUT2D eigenvalue weighted by Gasteiger charge is 2.48. The number of phosphoric acid groups is 1. The van der Waals surface area contributed by atoms with E-state index in [1.807, 2.05) is 6.92 Å². The number of anilines is 2. The summed E-state index contributed by atoms with van der Waals surface area (Å²) in [6.45, 7) is 19.0. The molecule has 0 bridgehead atoms. The van der Waals surface area contributed by atoms with E-state index >= 15 is 0 Å². The summed E-state index contributed by atoms with van der Waals surface area (Å²) in [5, 5.41) is -0.144. The number of phosphoric ester groups is 1. The number of fused-ring (bicyclic) bond motifs is 1. The number of rotatable bonds is 13. The number of hydrogen-bond donors (Lipinski definition) is 3. The molecule has 3 unspecified atom stereocenters. The molecule has 2 saturated heterocycles. The van der Waals surface area contributed by atoms with Crippen LogP contribution in [0.25, 0.3) is 16.0 Å². The van der Waals surface area contributed by atoms with E-state index in [1.54, 1.807) is 4.57 Å². The zero-order chi connectivity index (χ0) is 35.7. The summed E-state index contributed by atoms with van der Waals surface area (Å²) in [6, 6.07) is 0. The Bertz CT molecular complexity index is 1850. The van der Waals surface area contributed by atoms with Crippen LogP contribution in [0.15, 0.2) is 22.2 Å². The van der Waals surface area contributed by atoms with Gasteiger partial charge in [-0.15, -0.1) is 0 Å². The number of aromatic amines is 1. The number of nitrogen functional groups attached to an aromatic ring is 2. The fraction of sp³-hybridized carbons (Fsp3) is 0.679. The van der Waals surface area contributed by atoms with Crippen molar-refractivity contribution >= 4 is 39.2 Å². The lowest BCUT2D eigenvalue weighted by Gasteiger charge is -2.39. The van der Waals surface area contributed by atoms with Crippen molar-refractivity contribution < 1.29 is 32.0 Å². The molecule has 21 heteroatoms. The van der Waals surface area contributed by atoms with Gasteiger partial charge in [-0.2, -0.15) is 9.97 Å². The molecule has 5 rings (SSSR count). The Balaban J connectivity index is 1.39. The predicted molar refractivity (Wildman–Crippen MR) is 179 cm³/mol. The maximum atomic E-state index is 14.2. The Labute approximate surface area is 283 Å². The zero-order valence-electron chi connectivity index (χ0n) is 28.3. The number of hydrogen-bond acceptors (Lipinski definition) is 15. The Morgan fingerprint density at radius 1 is 1.06 bits per heavy atom. The molecule has 0 radical (unpaired) electrons. The second-order valence-electron chi connectivity index (χ2n) is 13.3. The van der Waals surface area contributed by atoms with Gasteiger partial charge in [0.1, 0.15) is 31.5 Å². The molecule has 2 aliphatic heterocycles. The molecule has 3 aromatic rings. The van der Waals surface area contributed by atoms with E-state index in [0.29, 0.717) is 12.8 Å². The van der Waals surface area contributed by atoms with Gasteiger partial charge in [-0.1, -0.05) is 27.7 Å². The number of aromatic nitrogens is 7. The summed E-state index contributed by atoms with van der Waals surface area (Å²) in [7, 11) is -6.73. The van der Waals surface area contributed by atoms with Crippen molar-refractivity contribution in [3.8, 4) is 0 Å². The van der Waals surface area contributed by atoms with Gasteiger partial charge in [0.2, 0.25) is 18.4 Å². The first-order chi connectivity index (χ1) is 23.0. The molecular weight excluding hydrogens is 679 g/mol. The van der Waals surface area contributed by atoms with E-state index in [2.05, 4.69) is 63.6 Å². The quantitative estimate of drug-likeness (QED) is 0.0995. The lowest BCUT2D eigenvalue weighted by atomic mass is 10.1. The third-order valence-electron chi connectivity index (χ3n) is 8.95. The van der Waals surface area contributed by atoms with E-state index in [1.165, 1.54) is 17.2 Å². The summed E-state index contributed by atoms with van der Waals surface area (Å²) < 4.78 is 53.9. The fourth-order valence-electron chi connectivity index (χ4n) is 5.38. The lowest BCUT2D eigenvalue weighted by molar-refractivity contribution is -0.0502. The number of nitrogens with two attached hydrogens (primary N) is 2. The van der Waals surface area contributed by atoms with Gasteiger partial charge in [-0.3, -0.25) is 32.5 Å². The summed E-state index contributed by atoms with van der Waals surface area (Å²) in [4.78, 5) is 46.6. The molecule has 3 aromatic heterocycles. The van der Waals surface area contributed by atoms with Crippen molar-refractivity contribution in [1.29, 1.82) is 0 Å². The SMILES string of the molecule is [C-]#[N+]CCOP(=O)(OC[C@H]1O[C@@H](n2cnc3c(=O)[nH]c(N)nc32)CC1O[Si](C)(C)C(C)(C)C)OC1C[C@H](n2cnc(N)nc2=O)O[C@@H]1CC. The van der Waals surface area contributed by atoms with Crippen molar-refractivity contribution in [3.63, 3.8) is 0 Å². The van der Waals surface area contributed by atoms with Crippen LogP contribution in [0, 0.1) is 6.57 Å². The fourth-order valence-corrected chi connectivity index (χ4v) is 8.12. The largest absolute Gasteiger partial charge is 0.475 e. The van der Waals surface area contributed by atoms with Crippen molar-refractivity contribution in [3.05, 3.63) is 44.9 Å². The minimum atomic E-state index is -4.36. The van der Waals surface area contributed by atoms with E-state index in [9.17, 15) is 14.2 Å². The maximum Gasteiger partial charge on any atom is 0.475 e. The van der Waals surface area contributed by atoms with Crippen molar-refractivity contribution in [2.75, 3.05) is 31.2 Å². The number of imidazole rings is 1. The summed E-state index contributed by atoms with van der Waals surface area (Å²) in [5.41, 5.74) is 10.6. The van der Waals surface area contributed by atoms with Crippen LogP contribution < -0.4 is 22.7 Å². The molecule has 2 aliphatic rings. The molecule has 2 fully saturated rings. The standard InChI is InChI=1S/C28H43N10O9PSi/c1-8-16-17(11-21(44-16)38-15-33-25(29)36-27(38)40)46-48(41,42-10-9-31-5)43-13-19-18(47-49(6,7)28(2,3)4)12-20(45-19)37-14-32-22-23(37)34-26(30)35-24(22)39/h14-21H,8-13H2,1-4,6-7H3,(H2,29,36,40)(H3,30,34,35,39)/t16-,17?,18?,19-,20-,21-,48?/m1/s1. The van der Waals surface area contributed by atoms with Gasteiger partial charge in [0.15, 0.2) is 19.5 Å². The van der Waals surface area contributed by atoms with Crippen LogP contribution in [0.2, 0.25) is 18.1 Å². The Kier molecular flexibility index (Phi) is 10.8. The monoisotopic (exact) mass is 722 g/mol. The zero-order valence-corrected chi connectivity index (χ0v) is 30.2. The average Bonchev–Trinajstić information content (AvgIpc) is 3.72. The van der Waals surface area contributed by atoms with Gasteiger partial charge in [0.05, 0.1) is 31.2 Å². The molecule has 5 N–H and O–H groups in total. The van der Waals surface area contributed by atoms with E-state index in [-0.39, 0.29) is 54.3 Å². The third-order valence-corrected chi connectivity index (χ3v) is 14.9. The van der Waals surface area contributed by atoms with Gasteiger partial charge in [-0.05, 0) is 24.6 Å². The average molecular weight is 723 g/mol. The summed E-state index contributed by atoms with van der Waals surface area (Å²) in [6.07, 6.45) is -0.638. The third kappa shape index (κ3) is 8.10. The smallest absolute Gasteiger partial charge is 0.411 e. The minimum Gasteiger partial charge on any atom is -0.411 e. The van der Waals surface area contributed by atoms with Gasteiger partial charge in [0, 0.05) is 12.8 Å². The van der Waals surface area contributed by atoms with E-state index in [0.717, 1.165) is 0 Å². The predicted octanol–water partition coefficient (Wildman–Crippen LogP) is 2.76. The van der Waals surface area contributed by atoms with Crippen molar-refractivity contribution in [1.82, 2.24) is 34.1 Å². The normalized spacial score (nSPS) is 25.8. The topological polar surface area (TPSA) is 240 Å². The van der Waals surface area contributed by atoms with Crippen LogP contribution in [0.5, 0.6) is 0 Å². The van der Waals surface area contributed by atoms with Crippen LogP contribution >= 0.6 is 7.82 Å². The van der Waals surface area contributed by atoms with Crippen LogP contribution in [-0.2, 0) is 32.0 Å². The second-order valence-corrected chi connectivity index (χ2v) is 19.7. The van der Waals surface area contributed by atoms with Crippen LogP contribution in [0.3, 0.4) is 0 Å². The molecule has 0 saturated carbocycles.